The van der Waals surface area contributed by atoms with E-state index in [9.17, 15) is 4.79 Å². The van der Waals surface area contributed by atoms with Crippen molar-refractivity contribution in [1.29, 1.82) is 0 Å². The minimum absolute atomic E-state index is 0.0723. The second kappa shape index (κ2) is 11.2. The van der Waals surface area contributed by atoms with Gasteiger partial charge >= 0.3 is 0 Å². The second-order valence-electron chi connectivity index (χ2n) is 8.28. The van der Waals surface area contributed by atoms with Gasteiger partial charge < -0.3 is 25.0 Å². The summed E-state index contributed by atoms with van der Waals surface area (Å²) in [6, 6.07) is 12.0. The Balaban J connectivity index is 1.98. The first-order valence-electron chi connectivity index (χ1n) is 11.7. The standard InChI is InChI=1S/C26H37N3O3/c1-5-15-28(16-6-2)23-10-7-9-20-21(23)18-29(26(20)30)22(11-8-14-27)19-12-13-24(31-3)25(17-19)32-4/h7,9-10,12-13,17,22H,5-6,8,11,14-16,18,27H2,1-4H3/t22-/m1/s1. The Kier molecular flexibility index (Phi) is 8.39. The van der Waals surface area contributed by atoms with Gasteiger partial charge in [-0.25, -0.2) is 0 Å². The van der Waals surface area contributed by atoms with Crippen molar-refractivity contribution in [1.82, 2.24) is 4.90 Å². The van der Waals surface area contributed by atoms with Crippen LogP contribution in [0.1, 0.15) is 67.1 Å². The van der Waals surface area contributed by atoms with E-state index in [0.29, 0.717) is 24.6 Å². The molecular weight excluding hydrogens is 402 g/mol. The number of nitrogens with zero attached hydrogens (tertiary/aromatic N) is 2. The molecule has 32 heavy (non-hydrogen) atoms. The van der Waals surface area contributed by atoms with Gasteiger partial charge in [-0.15, -0.1) is 0 Å². The fourth-order valence-electron chi connectivity index (χ4n) is 4.65. The highest BCUT2D eigenvalue weighted by Gasteiger charge is 2.35. The van der Waals surface area contributed by atoms with Crippen LogP contribution in [0.3, 0.4) is 0 Å². The number of ether oxygens (including phenoxy) is 2. The summed E-state index contributed by atoms with van der Waals surface area (Å²) >= 11 is 0. The van der Waals surface area contributed by atoms with Crippen molar-refractivity contribution >= 4 is 11.6 Å². The van der Waals surface area contributed by atoms with E-state index in [4.69, 9.17) is 15.2 Å². The lowest BCUT2D eigenvalue weighted by molar-refractivity contribution is 0.0689. The summed E-state index contributed by atoms with van der Waals surface area (Å²) < 4.78 is 10.9. The molecule has 0 radical (unpaired) electrons. The van der Waals surface area contributed by atoms with E-state index in [1.54, 1.807) is 14.2 Å². The minimum Gasteiger partial charge on any atom is -0.493 e. The molecule has 1 aliphatic rings. The first-order valence-corrected chi connectivity index (χ1v) is 11.7. The summed E-state index contributed by atoms with van der Waals surface area (Å²) in [6.45, 7) is 7.57. The molecule has 2 N–H and O–H groups in total. The number of carbonyl (C=O) groups is 1. The Bertz CT molecular complexity index is 909. The zero-order chi connectivity index (χ0) is 23.1. The highest BCUT2D eigenvalue weighted by molar-refractivity contribution is 6.00. The van der Waals surface area contributed by atoms with Crippen molar-refractivity contribution in [2.24, 2.45) is 5.73 Å². The molecule has 0 saturated carbocycles. The van der Waals surface area contributed by atoms with Gasteiger partial charge in [0, 0.05) is 36.4 Å². The number of methoxy groups -OCH3 is 2. The molecule has 0 bridgehead atoms. The molecular formula is C26H37N3O3. The van der Waals surface area contributed by atoms with Gasteiger partial charge in [-0.3, -0.25) is 4.79 Å². The monoisotopic (exact) mass is 439 g/mol. The van der Waals surface area contributed by atoms with Gasteiger partial charge in [0.1, 0.15) is 0 Å². The minimum atomic E-state index is -0.0723. The third kappa shape index (κ3) is 4.85. The van der Waals surface area contributed by atoms with E-state index in [1.165, 1.54) is 5.69 Å². The van der Waals surface area contributed by atoms with E-state index in [0.717, 1.165) is 55.5 Å². The number of carbonyl (C=O) groups excluding carboxylic acids is 1. The van der Waals surface area contributed by atoms with E-state index >= 15 is 0 Å². The third-order valence-corrected chi connectivity index (χ3v) is 6.15. The first kappa shape index (κ1) is 23.9. The van der Waals surface area contributed by atoms with Crippen LogP contribution in [-0.4, -0.2) is 44.7 Å². The maximum Gasteiger partial charge on any atom is 0.255 e. The van der Waals surface area contributed by atoms with Crippen molar-refractivity contribution in [3.8, 4) is 11.5 Å². The summed E-state index contributed by atoms with van der Waals surface area (Å²) in [5.74, 6) is 1.44. The summed E-state index contributed by atoms with van der Waals surface area (Å²) in [6.07, 6.45) is 3.79. The van der Waals surface area contributed by atoms with Crippen LogP contribution in [0, 0.1) is 0 Å². The van der Waals surface area contributed by atoms with Crippen molar-refractivity contribution in [3.63, 3.8) is 0 Å². The Morgan fingerprint density at radius 1 is 1.06 bits per heavy atom. The van der Waals surface area contributed by atoms with Gasteiger partial charge in [-0.05, 0) is 62.1 Å². The van der Waals surface area contributed by atoms with E-state index < -0.39 is 0 Å². The molecule has 0 aliphatic carbocycles. The quantitative estimate of drug-likeness (QED) is 0.516. The number of benzene rings is 2. The lowest BCUT2D eigenvalue weighted by Crippen LogP contribution is -2.30. The number of hydrogen-bond donors (Lipinski definition) is 1. The molecule has 6 heteroatoms. The smallest absolute Gasteiger partial charge is 0.255 e. The van der Waals surface area contributed by atoms with Gasteiger partial charge in [0.05, 0.1) is 20.3 Å². The third-order valence-electron chi connectivity index (χ3n) is 6.15. The van der Waals surface area contributed by atoms with E-state index in [1.807, 2.05) is 35.2 Å². The fourth-order valence-corrected chi connectivity index (χ4v) is 4.65. The average Bonchev–Trinajstić information content (AvgIpc) is 3.15. The summed E-state index contributed by atoms with van der Waals surface area (Å²) in [4.78, 5) is 18.0. The number of anilines is 1. The SMILES string of the molecule is CCCN(CCC)c1cccc2c1CN([C@H](CCCN)c1ccc(OC)c(OC)c1)C2=O. The Labute approximate surface area is 192 Å². The number of amides is 1. The lowest BCUT2D eigenvalue weighted by atomic mass is 9.99. The summed E-state index contributed by atoms with van der Waals surface area (Å²) in [5, 5.41) is 0. The molecule has 174 valence electrons. The van der Waals surface area contributed by atoms with Gasteiger partial charge in [0.15, 0.2) is 11.5 Å². The summed E-state index contributed by atoms with van der Waals surface area (Å²) in [5.41, 5.74) is 10.0. The largest absolute Gasteiger partial charge is 0.493 e. The second-order valence-corrected chi connectivity index (χ2v) is 8.28. The van der Waals surface area contributed by atoms with Crippen molar-refractivity contribution in [2.75, 3.05) is 38.8 Å². The van der Waals surface area contributed by atoms with Gasteiger partial charge in [0.2, 0.25) is 0 Å². The van der Waals surface area contributed by atoms with Crippen molar-refractivity contribution in [3.05, 3.63) is 53.1 Å². The van der Waals surface area contributed by atoms with Crippen LogP contribution in [0.15, 0.2) is 36.4 Å². The molecule has 1 aliphatic heterocycles. The van der Waals surface area contributed by atoms with Crippen LogP contribution in [0.5, 0.6) is 11.5 Å². The van der Waals surface area contributed by atoms with Crippen LogP contribution < -0.4 is 20.1 Å². The van der Waals surface area contributed by atoms with E-state index in [2.05, 4.69) is 24.8 Å². The topological polar surface area (TPSA) is 68.0 Å². The fraction of sp³-hybridized carbons (Fsp3) is 0.500. The van der Waals surface area contributed by atoms with Gasteiger partial charge in [0.25, 0.3) is 5.91 Å². The molecule has 2 aromatic rings. The molecule has 3 rings (SSSR count). The zero-order valence-corrected chi connectivity index (χ0v) is 19.9. The molecule has 0 fully saturated rings. The number of fused-ring (bicyclic) bond motifs is 1. The van der Waals surface area contributed by atoms with Crippen LogP contribution in [0.2, 0.25) is 0 Å². The zero-order valence-electron chi connectivity index (χ0n) is 19.9. The van der Waals surface area contributed by atoms with Crippen LogP contribution in [0.4, 0.5) is 5.69 Å². The highest BCUT2D eigenvalue weighted by atomic mass is 16.5. The van der Waals surface area contributed by atoms with Crippen LogP contribution >= 0.6 is 0 Å². The molecule has 2 aromatic carbocycles. The lowest BCUT2D eigenvalue weighted by Gasteiger charge is -2.30. The predicted octanol–water partition coefficient (Wildman–Crippen LogP) is 4.77. The maximum absolute atomic E-state index is 13.6. The Hall–Kier alpha value is -2.73. The number of hydrogen-bond acceptors (Lipinski definition) is 5. The molecule has 6 nitrogen and oxygen atoms in total. The molecule has 0 saturated heterocycles. The van der Waals surface area contributed by atoms with Crippen molar-refractivity contribution < 1.29 is 14.3 Å². The van der Waals surface area contributed by atoms with Crippen LogP contribution in [-0.2, 0) is 6.54 Å². The maximum atomic E-state index is 13.6. The number of nitrogens with two attached hydrogens (primary N) is 1. The van der Waals surface area contributed by atoms with Crippen molar-refractivity contribution in [2.45, 2.75) is 52.1 Å². The predicted molar refractivity (Wildman–Crippen MR) is 130 cm³/mol. The highest BCUT2D eigenvalue weighted by Crippen LogP contribution is 2.40. The van der Waals surface area contributed by atoms with Gasteiger partial charge in [-0.1, -0.05) is 26.0 Å². The summed E-state index contributed by atoms with van der Waals surface area (Å²) in [7, 11) is 3.26. The molecule has 0 aromatic heterocycles. The van der Waals surface area contributed by atoms with Gasteiger partial charge in [-0.2, -0.15) is 0 Å². The normalized spacial score (nSPS) is 13.8. The molecule has 0 spiro atoms. The molecule has 1 atom stereocenters. The Morgan fingerprint density at radius 2 is 1.78 bits per heavy atom. The molecule has 1 heterocycles. The molecule has 1 amide bonds. The Morgan fingerprint density at radius 3 is 2.41 bits per heavy atom. The average molecular weight is 440 g/mol. The first-order chi connectivity index (χ1) is 15.6. The van der Waals surface area contributed by atoms with E-state index in [-0.39, 0.29) is 11.9 Å². The molecule has 0 unspecified atom stereocenters. The number of rotatable bonds is 12. The van der Waals surface area contributed by atoms with Crippen LogP contribution in [0.25, 0.3) is 0 Å².